The molecule has 2 aromatic carbocycles. The second-order valence-electron chi connectivity index (χ2n) is 9.21. The third-order valence-corrected chi connectivity index (χ3v) is 7.77. The van der Waals surface area contributed by atoms with Crippen LogP contribution in [0.1, 0.15) is 23.2 Å². The van der Waals surface area contributed by atoms with Gasteiger partial charge in [0.25, 0.3) is 0 Å². The van der Waals surface area contributed by atoms with Gasteiger partial charge in [0, 0.05) is 35.6 Å². The number of alkyl halides is 3. The molecule has 1 amide bonds. The van der Waals surface area contributed by atoms with E-state index in [1.807, 2.05) is 64.2 Å². The summed E-state index contributed by atoms with van der Waals surface area (Å²) in [6, 6.07) is 18.2. The Kier molecular flexibility index (Phi) is 7.62. The number of thioether (sulfide) groups is 1. The first-order valence-electron chi connectivity index (χ1n) is 12.2. The molecule has 198 valence electrons. The maximum absolute atomic E-state index is 13.3. The molecule has 1 fully saturated rings. The largest absolute Gasteiger partial charge is 0.497 e. The van der Waals surface area contributed by atoms with E-state index >= 15 is 0 Å². The second kappa shape index (κ2) is 11.1. The number of hydrogen-bond acceptors (Lipinski definition) is 5. The summed E-state index contributed by atoms with van der Waals surface area (Å²) in [6.07, 6.45) is 0.0188. The molecule has 1 aliphatic rings. The first-order valence-corrected chi connectivity index (χ1v) is 13.1. The fraction of sp³-hybridized carbons (Fsp3) is 0.286. The van der Waals surface area contributed by atoms with E-state index in [9.17, 15) is 18.0 Å². The zero-order chi connectivity index (χ0) is 26.7. The van der Waals surface area contributed by atoms with Crippen LogP contribution in [0, 0.1) is 0 Å². The van der Waals surface area contributed by atoms with Crippen LogP contribution in [0.5, 0.6) is 5.75 Å². The highest BCUT2D eigenvalue weighted by molar-refractivity contribution is 8.00. The van der Waals surface area contributed by atoms with Crippen LogP contribution in [0.15, 0.2) is 84.0 Å². The number of halogens is 3. The lowest BCUT2D eigenvalue weighted by Crippen LogP contribution is -2.42. The molecule has 0 unspecified atom stereocenters. The summed E-state index contributed by atoms with van der Waals surface area (Å²) in [5, 5.41) is 3.16. The lowest BCUT2D eigenvalue weighted by Gasteiger charge is -2.23. The molecular formula is C28H27F3N4O2S. The van der Waals surface area contributed by atoms with Crippen LogP contribution in [0.4, 0.5) is 13.2 Å². The maximum atomic E-state index is 13.3. The molecule has 3 heterocycles. The molecule has 0 spiro atoms. The second-order valence-corrected chi connectivity index (χ2v) is 10.6. The molecule has 1 saturated heterocycles. The van der Waals surface area contributed by atoms with Gasteiger partial charge in [-0.3, -0.25) is 9.69 Å². The fourth-order valence-corrected chi connectivity index (χ4v) is 5.87. The third kappa shape index (κ3) is 6.14. The highest BCUT2D eigenvalue weighted by atomic mass is 32.2. The van der Waals surface area contributed by atoms with Crippen LogP contribution in [0.3, 0.4) is 0 Å². The first kappa shape index (κ1) is 26.1. The topological polar surface area (TPSA) is 58.9 Å². The van der Waals surface area contributed by atoms with Crippen LogP contribution >= 0.6 is 11.8 Å². The molecule has 0 radical (unpaired) electrons. The van der Waals surface area contributed by atoms with Crippen LogP contribution in [-0.4, -0.2) is 45.1 Å². The zero-order valence-corrected chi connectivity index (χ0v) is 21.5. The number of likely N-dealkylation sites (tertiary alicyclic amines) is 1. The molecule has 0 bridgehead atoms. The van der Waals surface area contributed by atoms with Gasteiger partial charge in [-0.15, -0.1) is 11.8 Å². The highest BCUT2D eigenvalue weighted by Gasteiger charge is 2.37. The minimum absolute atomic E-state index is 0.119. The summed E-state index contributed by atoms with van der Waals surface area (Å²) in [5.41, 5.74) is 1.60. The number of carbonyl (C=O) groups excluding carboxylic acids is 1. The Morgan fingerprint density at radius 2 is 1.87 bits per heavy atom. The van der Waals surface area contributed by atoms with E-state index in [0.29, 0.717) is 26.1 Å². The summed E-state index contributed by atoms with van der Waals surface area (Å²) in [5.74, 6) is 0.653. The standard InChI is InChI=1S/C28H27F3N4O2S/c1-37-22-9-11-23(12-10-22)38-24-14-25(27(36)32-15-21-17-34-13-3-2-4-26(34)33-21)35(18-24)16-19-5-7-20(8-6-19)28(29,30)31/h2-13,17,24-25H,14-16,18H2,1H3,(H,32,36)/t24-,25+/m1/s1. The van der Waals surface area contributed by atoms with Crippen LogP contribution in [-0.2, 0) is 24.1 Å². The summed E-state index contributed by atoms with van der Waals surface area (Å²) in [6.45, 7) is 1.30. The number of imidazole rings is 1. The van der Waals surface area contributed by atoms with Gasteiger partial charge in [0.05, 0.1) is 31.0 Å². The lowest BCUT2D eigenvalue weighted by molar-refractivity contribution is -0.137. The number of rotatable bonds is 8. The van der Waals surface area contributed by atoms with Crippen molar-refractivity contribution in [3.63, 3.8) is 0 Å². The number of pyridine rings is 1. The molecule has 1 N–H and O–H groups in total. The Labute approximate surface area is 222 Å². The van der Waals surface area contributed by atoms with Crippen molar-refractivity contribution in [1.29, 1.82) is 0 Å². The number of benzene rings is 2. The maximum Gasteiger partial charge on any atom is 0.416 e. The van der Waals surface area contributed by atoms with Crippen molar-refractivity contribution in [2.75, 3.05) is 13.7 Å². The molecule has 1 aliphatic heterocycles. The average molecular weight is 541 g/mol. The number of amides is 1. The van der Waals surface area contributed by atoms with E-state index in [4.69, 9.17) is 4.74 Å². The number of methoxy groups -OCH3 is 1. The summed E-state index contributed by atoms with van der Waals surface area (Å²) < 4.78 is 46.2. The quantitative estimate of drug-likeness (QED) is 0.324. The molecule has 2 atom stereocenters. The van der Waals surface area contributed by atoms with E-state index in [0.717, 1.165) is 39.7 Å². The van der Waals surface area contributed by atoms with Crippen molar-refractivity contribution in [2.24, 2.45) is 0 Å². The van der Waals surface area contributed by atoms with Gasteiger partial charge in [-0.2, -0.15) is 13.2 Å². The minimum atomic E-state index is -4.38. The van der Waals surface area contributed by atoms with E-state index in [2.05, 4.69) is 10.3 Å². The van der Waals surface area contributed by atoms with Crippen molar-refractivity contribution in [3.05, 3.63) is 95.9 Å². The molecule has 5 rings (SSSR count). The van der Waals surface area contributed by atoms with Crippen LogP contribution < -0.4 is 10.1 Å². The summed E-state index contributed by atoms with van der Waals surface area (Å²) >= 11 is 1.69. The Balaban J connectivity index is 1.29. The summed E-state index contributed by atoms with van der Waals surface area (Å²) in [7, 11) is 1.62. The van der Waals surface area contributed by atoms with E-state index in [1.54, 1.807) is 18.9 Å². The van der Waals surface area contributed by atoms with Gasteiger partial charge in [0.15, 0.2) is 0 Å². The number of nitrogens with zero attached hydrogens (tertiary/aromatic N) is 3. The van der Waals surface area contributed by atoms with Crippen molar-refractivity contribution in [1.82, 2.24) is 19.6 Å². The van der Waals surface area contributed by atoms with Crippen LogP contribution in [0.2, 0.25) is 0 Å². The van der Waals surface area contributed by atoms with Crippen molar-refractivity contribution >= 4 is 23.3 Å². The normalized spacial score (nSPS) is 18.1. The van der Waals surface area contributed by atoms with Crippen LogP contribution in [0.25, 0.3) is 5.65 Å². The number of carbonyl (C=O) groups is 1. The summed E-state index contributed by atoms with van der Waals surface area (Å²) in [4.78, 5) is 21.0. The van der Waals surface area contributed by atoms with Crippen molar-refractivity contribution in [2.45, 2.75) is 41.9 Å². The number of fused-ring (bicyclic) bond motifs is 1. The van der Waals surface area contributed by atoms with Gasteiger partial charge in [0.2, 0.25) is 5.91 Å². The highest BCUT2D eigenvalue weighted by Crippen LogP contribution is 2.35. The fourth-order valence-electron chi connectivity index (χ4n) is 4.64. The van der Waals surface area contributed by atoms with Gasteiger partial charge in [-0.25, -0.2) is 4.98 Å². The SMILES string of the molecule is COc1ccc(S[C@@H]2C[C@@H](C(=O)NCc3cn4ccccc4n3)N(Cc3ccc(C(F)(F)F)cc3)C2)cc1. The molecule has 0 aliphatic carbocycles. The molecule has 0 saturated carbocycles. The smallest absolute Gasteiger partial charge is 0.416 e. The third-order valence-electron chi connectivity index (χ3n) is 6.55. The Hall–Kier alpha value is -3.50. The van der Waals surface area contributed by atoms with Gasteiger partial charge in [-0.1, -0.05) is 18.2 Å². The van der Waals surface area contributed by atoms with Gasteiger partial charge in [0.1, 0.15) is 11.4 Å². The Morgan fingerprint density at radius 3 is 2.55 bits per heavy atom. The number of aromatic nitrogens is 2. The molecular weight excluding hydrogens is 513 g/mol. The van der Waals surface area contributed by atoms with E-state index < -0.39 is 17.8 Å². The molecule has 38 heavy (non-hydrogen) atoms. The molecule has 6 nitrogen and oxygen atoms in total. The monoisotopic (exact) mass is 540 g/mol. The predicted molar refractivity (Wildman–Crippen MR) is 140 cm³/mol. The molecule has 4 aromatic rings. The number of nitrogens with one attached hydrogen (secondary N) is 1. The van der Waals surface area contributed by atoms with E-state index in [-0.39, 0.29) is 11.2 Å². The minimum Gasteiger partial charge on any atom is -0.497 e. The Bertz CT molecular complexity index is 1360. The molecule has 10 heteroatoms. The van der Waals surface area contributed by atoms with E-state index in [1.165, 1.54) is 12.1 Å². The molecule has 2 aromatic heterocycles. The Morgan fingerprint density at radius 1 is 1.11 bits per heavy atom. The predicted octanol–water partition coefficient (Wildman–Crippen LogP) is 5.41. The zero-order valence-electron chi connectivity index (χ0n) is 20.7. The van der Waals surface area contributed by atoms with Crippen molar-refractivity contribution in [3.8, 4) is 5.75 Å². The van der Waals surface area contributed by atoms with Crippen molar-refractivity contribution < 1.29 is 22.7 Å². The average Bonchev–Trinajstić information content (AvgIpc) is 3.51. The number of hydrogen-bond donors (Lipinski definition) is 1. The lowest BCUT2D eigenvalue weighted by atomic mass is 10.1. The van der Waals surface area contributed by atoms with Gasteiger partial charge < -0.3 is 14.5 Å². The first-order chi connectivity index (χ1) is 18.3. The number of ether oxygens (including phenoxy) is 1. The van der Waals surface area contributed by atoms with Gasteiger partial charge >= 0.3 is 6.18 Å². The van der Waals surface area contributed by atoms with Gasteiger partial charge in [-0.05, 0) is 60.5 Å².